The van der Waals surface area contributed by atoms with Crippen molar-refractivity contribution >= 4 is 33.2 Å². The lowest BCUT2D eigenvalue weighted by atomic mass is 10.2. The third kappa shape index (κ3) is 6.38. The van der Waals surface area contributed by atoms with Crippen LogP contribution in [0.25, 0.3) is 0 Å². The van der Waals surface area contributed by atoms with Gasteiger partial charge < -0.3 is 16.0 Å². The Morgan fingerprint density at radius 1 is 0.929 bits per heavy atom. The first-order chi connectivity index (χ1) is 13.2. The molecule has 0 bridgehead atoms. The lowest BCUT2D eigenvalue weighted by Crippen LogP contribution is -2.34. The number of carbonyl (C=O) groups excluding carboxylic acids is 2. The molecular formula is C20H25N3O4S. The Morgan fingerprint density at radius 2 is 1.50 bits per heavy atom. The number of para-hydroxylation sites is 2. The molecule has 3 amide bonds. The van der Waals surface area contributed by atoms with Gasteiger partial charge in [0, 0.05) is 12.5 Å². The summed E-state index contributed by atoms with van der Waals surface area (Å²) in [5.74, 6) is -0.750. The molecule has 0 atom stereocenters. The van der Waals surface area contributed by atoms with Crippen LogP contribution in [0, 0.1) is 6.92 Å². The molecule has 0 saturated carbocycles. The number of nitrogens with one attached hydrogen (secondary N) is 3. The first-order valence-corrected chi connectivity index (χ1v) is 10.6. The Balaban J connectivity index is 1.99. The van der Waals surface area contributed by atoms with Gasteiger partial charge in [-0.3, -0.25) is 4.79 Å². The topological polar surface area (TPSA) is 104 Å². The van der Waals surface area contributed by atoms with Crippen molar-refractivity contribution in [3.63, 3.8) is 0 Å². The highest BCUT2D eigenvalue weighted by atomic mass is 32.2. The fraction of sp³-hybridized carbons (Fsp3) is 0.300. The highest BCUT2D eigenvalue weighted by Crippen LogP contribution is 2.21. The van der Waals surface area contributed by atoms with Crippen molar-refractivity contribution in [1.29, 1.82) is 0 Å². The van der Waals surface area contributed by atoms with E-state index in [1.807, 2.05) is 20.8 Å². The highest BCUT2D eigenvalue weighted by Gasteiger charge is 2.17. The fourth-order valence-corrected chi connectivity index (χ4v) is 3.67. The SMILES string of the molecule is Cc1ccc(S(=O)(=O)CCC(=O)Nc2ccccc2NC(=O)NC(C)C)cc1. The van der Waals surface area contributed by atoms with Crippen molar-refractivity contribution < 1.29 is 18.0 Å². The van der Waals surface area contributed by atoms with Crippen LogP contribution < -0.4 is 16.0 Å². The fourth-order valence-electron chi connectivity index (χ4n) is 2.42. The molecule has 7 nitrogen and oxygen atoms in total. The van der Waals surface area contributed by atoms with E-state index in [2.05, 4.69) is 16.0 Å². The van der Waals surface area contributed by atoms with Gasteiger partial charge in [-0.2, -0.15) is 0 Å². The molecule has 0 fully saturated rings. The molecule has 2 rings (SSSR count). The number of carbonyl (C=O) groups is 2. The third-order valence-corrected chi connectivity index (χ3v) is 5.58. The van der Waals surface area contributed by atoms with Gasteiger partial charge in [-0.15, -0.1) is 0 Å². The first kappa shape index (κ1) is 21.4. The lowest BCUT2D eigenvalue weighted by Gasteiger charge is -2.14. The largest absolute Gasteiger partial charge is 0.336 e. The first-order valence-electron chi connectivity index (χ1n) is 8.93. The van der Waals surface area contributed by atoms with Gasteiger partial charge in [-0.25, -0.2) is 13.2 Å². The average Bonchev–Trinajstić information content (AvgIpc) is 2.61. The van der Waals surface area contributed by atoms with Crippen LogP contribution in [0.15, 0.2) is 53.4 Å². The Bertz CT molecular complexity index is 938. The summed E-state index contributed by atoms with van der Waals surface area (Å²) >= 11 is 0. The van der Waals surface area contributed by atoms with Crippen LogP contribution in [0.2, 0.25) is 0 Å². The zero-order valence-electron chi connectivity index (χ0n) is 16.2. The molecule has 0 heterocycles. The number of anilines is 2. The van der Waals surface area contributed by atoms with Gasteiger partial charge in [0.2, 0.25) is 5.91 Å². The zero-order chi connectivity index (χ0) is 20.7. The quantitative estimate of drug-likeness (QED) is 0.659. The molecule has 0 aliphatic carbocycles. The number of sulfone groups is 1. The summed E-state index contributed by atoms with van der Waals surface area (Å²) in [6, 6.07) is 12.8. The van der Waals surface area contributed by atoms with Crippen molar-refractivity contribution in [2.75, 3.05) is 16.4 Å². The van der Waals surface area contributed by atoms with Gasteiger partial charge in [-0.05, 0) is 45.0 Å². The lowest BCUT2D eigenvalue weighted by molar-refractivity contribution is -0.115. The van der Waals surface area contributed by atoms with Gasteiger partial charge in [0.15, 0.2) is 9.84 Å². The molecular weight excluding hydrogens is 378 g/mol. The minimum atomic E-state index is -3.55. The smallest absolute Gasteiger partial charge is 0.319 e. The van der Waals surface area contributed by atoms with Crippen LogP contribution in [0.1, 0.15) is 25.8 Å². The predicted octanol–water partition coefficient (Wildman–Crippen LogP) is 3.33. The van der Waals surface area contributed by atoms with Crippen LogP contribution in [0.5, 0.6) is 0 Å². The van der Waals surface area contributed by atoms with Crippen molar-refractivity contribution in [2.45, 2.75) is 38.1 Å². The minimum Gasteiger partial charge on any atom is -0.336 e. The van der Waals surface area contributed by atoms with Crippen LogP contribution in [0.3, 0.4) is 0 Å². The van der Waals surface area contributed by atoms with Crippen molar-refractivity contribution in [3.8, 4) is 0 Å². The summed E-state index contributed by atoms with van der Waals surface area (Å²) in [7, 11) is -3.55. The molecule has 0 spiro atoms. The number of hydrogen-bond donors (Lipinski definition) is 3. The van der Waals surface area contributed by atoms with Gasteiger partial charge in [-0.1, -0.05) is 29.8 Å². The molecule has 150 valence electrons. The Labute approximate surface area is 165 Å². The number of urea groups is 1. The van der Waals surface area contributed by atoms with E-state index in [0.29, 0.717) is 11.4 Å². The van der Waals surface area contributed by atoms with E-state index in [1.165, 1.54) is 12.1 Å². The molecule has 0 saturated heterocycles. The van der Waals surface area contributed by atoms with Crippen LogP contribution >= 0.6 is 0 Å². The van der Waals surface area contributed by atoms with Crippen molar-refractivity contribution in [3.05, 3.63) is 54.1 Å². The normalized spacial score (nSPS) is 11.1. The third-order valence-electron chi connectivity index (χ3n) is 3.85. The number of amides is 3. The summed E-state index contributed by atoms with van der Waals surface area (Å²) < 4.78 is 24.7. The molecule has 2 aromatic rings. The number of benzene rings is 2. The second-order valence-electron chi connectivity index (χ2n) is 6.73. The monoisotopic (exact) mass is 403 g/mol. The van der Waals surface area contributed by atoms with Crippen LogP contribution in [-0.4, -0.2) is 32.2 Å². The van der Waals surface area contributed by atoms with Crippen molar-refractivity contribution in [1.82, 2.24) is 5.32 Å². The van der Waals surface area contributed by atoms with Crippen molar-refractivity contribution in [2.24, 2.45) is 0 Å². The van der Waals surface area contributed by atoms with Gasteiger partial charge in [0.05, 0.1) is 22.0 Å². The molecule has 3 N–H and O–H groups in total. The van der Waals surface area contributed by atoms with E-state index in [1.54, 1.807) is 36.4 Å². The molecule has 8 heteroatoms. The number of rotatable bonds is 7. The summed E-state index contributed by atoms with van der Waals surface area (Å²) in [4.78, 5) is 24.3. The van der Waals surface area contributed by atoms with Crippen LogP contribution in [-0.2, 0) is 14.6 Å². The minimum absolute atomic E-state index is 0.0336. The number of hydrogen-bond acceptors (Lipinski definition) is 4. The molecule has 0 unspecified atom stereocenters. The Hall–Kier alpha value is -2.87. The summed E-state index contributed by atoms with van der Waals surface area (Å²) in [6.07, 6.45) is -0.192. The molecule has 2 aromatic carbocycles. The van der Waals surface area contributed by atoms with Crippen LogP contribution in [0.4, 0.5) is 16.2 Å². The van der Waals surface area contributed by atoms with E-state index < -0.39 is 21.8 Å². The summed E-state index contributed by atoms with van der Waals surface area (Å²) in [6.45, 7) is 5.54. The Kier molecular flexibility index (Phi) is 7.17. The number of aryl methyl sites for hydroxylation is 1. The van der Waals surface area contributed by atoms with E-state index in [9.17, 15) is 18.0 Å². The maximum atomic E-state index is 12.4. The molecule has 0 aromatic heterocycles. The Morgan fingerprint density at radius 3 is 2.07 bits per heavy atom. The van der Waals surface area contributed by atoms with E-state index in [4.69, 9.17) is 0 Å². The van der Waals surface area contributed by atoms with Gasteiger partial charge in [0.25, 0.3) is 0 Å². The summed E-state index contributed by atoms with van der Waals surface area (Å²) in [5, 5.41) is 8.02. The maximum absolute atomic E-state index is 12.4. The molecule has 0 aliphatic rings. The predicted molar refractivity (Wildman–Crippen MR) is 110 cm³/mol. The maximum Gasteiger partial charge on any atom is 0.319 e. The van der Waals surface area contributed by atoms with E-state index >= 15 is 0 Å². The average molecular weight is 404 g/mol. The molecule has 0 radical (unpaired) electrons. The van der Waals surface area contributed by atoms with E-state index in [-0.39, 0.29) is 23.1 Å². The highest BCUT2D eigenvalue weighted by molar-refractivity contribution is 7.91. The van der Waals surface area contributed by atoms with Gasteiger partial charge in [0.1, 0.15) is 0 Å². The zero-order valence-corrected chi connectivity index (χ0v) is 17.0. The second kappa shape index (κ2) is 9.36. The van der Waals surface area contributed by atoms with Gasteiger partial charge >= 0.3 is 6.03 Å². The molecule has 28 heavy (non-hydrogen) atoms. The second-order valence-corrected chi connectivity index (χ2v) is 8.84. The summed E-state index contributed by atoms with van der Waals surface area (Å²) in [5.41, 5.74) is 1.79. The standard InChI is InChI=1S/C20H25N3O4S/c1-14(2)21-20(25)23-18-7-5-4-6-17(18)22-19(24)12-13-28(26,27)16-10-8-15(3)9-11-16/h4-11,14H,12-13H2,1-3H3,(H,22,24)(H2,21,23,25). The van der Waals surface area contributed by atoms with E-state index in [0.717, 1.165) is 5.56 Å². The molecule has 0 aliphatic heterocycles.